The van der Waals surface area contributed by atoms with Crippen LogP contribution < -0.4 is 10.6 Å². The molecule has 0 aromatic heterocycles. The summed E-state index contributed by atoms with van der Waals surface area (Å²) in [5.41, 5.74) is 0.988. The molecule has 6 nitrogen and oxygen atoms in total. The normalized spacial score (nSPS) is 17.6. The molecule has 0 saturated carbocycles. The lowest BCUT2D eigenvalue weighted by molar-refractivity contribution is -0.120. The Morgan fingerprint density at radius 2 is 1.88 bits per heavy atom. The number of amides is 3. The first-order chi connectivity index (χ1) is 11.6. The summed E-state index contributed by atoms with van der Waals surface area (Å²) >= 11 is 0. The van der Waals surface area contributed by atoms with Crippen molar-refractivity contribution >= 4 is 11.9 Å². The van der Waals surface area contributed by atoms with Gasteiger partial charge in [0.25, 0.3) is 0 Å². The highest BCUT2D eigenvalue weighted by molar-refractivity contribution is 5.78. The molecule has 2 N–H and O–H groups in total. The molecule has 1 aromatic rings. The minimum atomic E-state index is -0.0427. The summed E-state index contributed by atoms with van der Waals surface area (Å²) < 4.78 is 0. The van der Waals surface area contributed by atoms with E-state index in [0.717, 1.165) is 31.5 Å². The Morgan fingerprint density at radius 1 is 1.17 bits per heavy atom. The van der Waals surface area contributed by atoms with E-state index in [1.807, 2.05) is 49.3 Å². The van der Waals surface area contributed by atoms with E-state index in [4.69, 9.17) is 0 Å². The summed E-state index contributed by atoms with van der Waals surface area (Å²) in [5, 5.41) is 5.72. The Bertz CT molecular complexity index is 533. The maximum Gasteiger partial charge on any atom is 0.317 e. The molecule has 1 fully saturated rings. The molecule has 0 radical (unpaired) electrons. The van der Waals surface area contributed by atoms with E-state index in [2.05, 4.69) is 15.5 Å². The van der Waals surface area contributed by atoms with Crippen molar-refractivity contribution in [3.8, 4) is 0 Å². The third kappa shape index (κ3) is 5.85. The summed E-state index contributed by atoms with van der Waals surface area (Å²) in [6, 6.07) is 10.0. The van der Waals surface area contributed by atoms with Crippen molar-refractivity contribution in [1.29, 1.82) is 0 Å². The fourth-order valence-electron chi connectivity index (χ4n) is 2.89. The SMILES string of the molecule is CN(C)C1CCCN(C(=O)NCCNC(=O)Cc2ccccc2)C1. The number of nitrogens with one attached hydrogen (secondary N) is 2. The van der Waals surface area contributed by atoms with Crippen LogP contribution in [0.2, 0.25) is 0 Å². The zero-order chi connectivity index (χ0) is 17.4. The number of likely N-dealkylation sites (tertiary alicyclic amines) is 1. The molecular weight excluding hydrogens is 304 g/mol. The first kappa shape index (κ1) is 18.3. The van der Waals surface area contributed by atoms with Gasteiger partial charge in [0, 0.05) is 32.2 Å². The fraction of sp³-hybridized carbons (Fsp3) is 0.556. The van der Waals surface area contributed by atoms with Gasteiger partial charge in [-0.15, -0.1) is 0 Å². The Hall–Kier alpha value is -2.08. The van der Waals surface area contributed by atoms with Crippen LogP contribution in [-0.2, 0) is 11.2 Å². The molecule has 1 heterocycles. The Labute approximate surface area is 144 Å². The molecule has 0 spiro atoms. The van der Waals surface area contributed by atoms with Crippen LogP contribution in [0, 0.1) is 0 Å². The molecule has 1 unspecified atom stereocenters. The first-order valence-electron chi connectivity index (χ1n) is 8.56. The standard InChI is InChI=1S/C18H28N4O2/c1-21(2)16-9-6-12-22(14-16)18(24)20-11-10-19-17(23)13-15-7-4-3-5-8-15/h3-5,7-8,16H,6,9-14H2,1-2H3,(H,19,23)(H,20,24). The van der Waals surface area contributed by atoms with Crippen LogP contribution in [0.4, 0.5) is 4.79 Å². The third-order valence-electron chi connectivity index (χ3n) is 4.34. The van der Waals surface area contributed by atoms with Gasteiger partial charge >= 0.3 is 6.03 Å². The quantitative estimate of drug-likeness (QED) is 0.766. The highest BCUT2D eigenvalue weighted by Crippen LogP contribution is 2.13. The van der Waals surface area contributed by atoms with Crippen molar-refractivity contribution < 1.29 is 9.59 Å². The lowest BCUT2D eigenvalue weighted by Gasteiger charge is -2.36. The number of nitrogens with zero attached hydrogens (tertiary/aromatic N) is 2. The number of hydrogen-bond acceptors (Lipinski definition) is 3. The van der Waals surface area contributed by atoms with Gasteiger partial charge in [-0.25, -0.2) is 4.79 Å². The van der Waals surface area contributed by atoms with Crippen LogP contribution in [0.3, 0.4) is 0 Å². The minimum absolute atomic E-state index is 0.0268. The smallest absolute Gasteiger partial charge is 0.317 e. The molecule has 6 heteroatoms. The summed E-state index contributed by atoms with van der Waals surface area (Å²) in [6.07, 6.45) is 2.53. The molecule has 0 bridgehead atoms. The van der Waals surface area contributed by atoms with Gasteiger partial charge in [-0.3, -0.25) is 4.79 Å². The molecule has 24 heavy (non-hydrogen) atoms. The molecule has 2 rings (SSSR count). The van der Waals surface area contributed by atoms with Crippen molar-refractivity contribution in [3.63, 3.8) is 0 Å². The van der Waals surface area contributed by atoms with Crippen LogP contribution in [-0.4, -0.2) is 68.1 Å². The number of hydrogen-bond donors (Lipinski definition) is 2. The zero-order valence-corrected chi connectivity index (χ0v) is 14.6. The Balaban J connectivity index is 1.63. The van der Waals surface area contributed by atoms with Gasteiger partial charge in [-0.2, -0.15) is 0 Å². The lowest BCUT2D eigenvalue weighted by Crippen LogP contribution is -2.51. The summed E-state index contributed by atoms with van der Waals surface area (Å²) in [7, 11) is 4.10. The van der Waals surface area contributed by atoms with E-state index in [1.165, 1.54) is 0 Å². The molecular formula is C18H28N4O2. The maximum atomic E-state index is 12.2. The first-order valence-corrected chi connectivity index (χ1v) is 8.56. The molecule has 132 valence electrons. The average Bonchev–Trinajstić information content (AvgIpc) is 2.59. The predicted octanol–water partition coefficient (Wildman–Crippen LogP) is 1.08. The summed E-state index contributed by atoms with van der Waals surface area (Å²) in [6.45, 7) is 2.46. The van der Waals surface area contributed by atoms with Crippen molar-refractivity contribution in [2.24, 2.45) is 0 Å². The fourth-order valence-corrected chi connectivity index (χ4v) is 2.89. The molecule has 1 atom stereocenters. The maximum absolute atomic E-state index is 12.2. The van der Waals surface area contributed by atoms with Crippen molar-refractivity contribution in [3.05, 3.63) is 35.9 Å². The second kappa shape index (κ2) is 9.27. The Kier molecular flexibility index (Phi) is 7.06. The number of carbonyl (C=O) groups is 2. The molecule has 1 aliphatic heterocycles. The minimum Gasteiger partial charge on any atom is -0.354 e. The second-order valence-corrected chi connectivity index (χ2v) is 6.45. The van der Waals surface area contributed by atoms with Crippen molar-refractivity contribution in [2.45, 2.75) is 25.3 Å². The highest BCUT2D eigenvalue weighted by atomic mass is 16.2. The van der Waals surface area contributed by atoms with E-state index in [-0.39, 0.29) is 11.9 Å². The van der Waals surface area contributed by atoms with Gasteiger partial charge in [0.1, 0.15) is 0 Å². The number of benzene rings is 1. The van der Waals surface area contributed by atoms with E-state index in [9.17, 15) is 9.59 Å². The summed E-state index contributed by atoms with van der Waals surface area (Å²) in [5.74, 6) is -0.0268. The van der Waals surface area contributed by atoms with Crippen LogP contribution >= 0.6 is 0 Å². The van der Waals surface area contributed by atoms with Crippen LogP contribution in [0.5, 0.6) is 0 Å². The van der Waals surface area contributed by atoms with Gasteiger partial charge < -0.3 is 20.4 Å². The van der Waals surface area contributed by atoms with E-state index in [1.54, 1.807) is 0 Å². The molecule has 1 aliphatic rings. The second-order valence-electron chi connectivity index (χ2n) is 6.45. The number of likely N-dealkylation sites (N-methyl/N-ethyl adjacent to an activating group) is 1. The molecule has 1 saturated heterocycles. The summed E-state index contributed by atoms with van der Waals surface area (Å²) in [4.78, 5) is 28.1. The molecule has 1 aromatic carbocycles. The number of urea groups is 1. The van der Waals surface area contributed by atoms with Gasteiger partial charge in [0.05, 0.1) is 6.42 Å². The predicted molar refractivity (Wildman–Crippen MR) is 94.8 cm³/mol. The molecule has 3 amide bonds. The zero-order valence-electron chi connectivity index (χ0n) is 14.6. The monoisotopic (exact) mass is 332 g/mol. The Morgan fingerprint density at radius 3 is 2.58 bits per heavy atom. The van der Waals surface area contributed by atoms with Crippen molar-refractivity contribution in [1.82, 2.24) is 20.4 Å². The lowest BCUT2D eigenvalue weighted by atomic mass is 10.1. The van der Waals surface area contributed by atoms with Crippen molar-refractivity contribution in [2.75, 3.05) is 40.3 Å². The average molecular weight is 332 g/mol. The van der Waals surface area contributed by atoms with Crippen LogP contribution in [0.1, 0.15) is 18.4 Å². The highest BCUT2D eigenvalue weighted by Gasteiger charge is 2.24. The largest absolute Gasteiger partial charge is 0.354 e. The third-order valence-corrected chi connectivity index (χ3v) is 4.34. The molecule has 0 aliphatic carbocycles. The van der Waals surface area contributed by atoms with Gasteiger partial charge in [0.15, 0.2) is 0 Å². The van der Waals surface area contributed by atoms with Gasteiger partial charge in [0.2, 0.25) is 5.91 Å². The van der Waals surface area contributed by atoms with Gasteiger partial charge in [-0.05, 0) is 32.5 Å². The topological polar surface area (TPSA) is 64.7 Å². The van der Waals surface area contributed by atoms with Crippen LogP contribution in [0.15, 0.2) is 30.3 Å². The number of rotatable bonds is 6. The van der Waals surface area contributed by atoms with Crippen LogP contribution in [0.25, 0.3) is 0 Å². The van der Waals surface area contributed by atoms with E-state index >= 15 is 0 Å². The van der Waals surface area contributed by atoms with Gasteiger partial charge in [-0.1, -0.05) is 30.3 Å². The number of carbonyl (C=O) groups excluding carboxylic acids is 2. The van der Waals surface area contributed by atoms with E-state index in [0.29, 0.717) is 25.6 Å². The van der Waals surface area contributed by atoms with E-state index < -0.39 is 0 Å². The number of piperidine rings is 1.